The normalized spacial score (nSPS) is 26.0. The van der Waals surface area contributed by atoms with E-state index in [0.717, 1.165) is 0 Å². The van der Waals surface area contributed by atoms with Crippen molar-refractivity contribution in [3.8, 4) is 0 Å². The van der Waals surface area contributed by atoms with Crippen LogP contribution < -0.4 is 10.6 Å². The number of hydrogen-bond donors (Lipinski definition) is 2. The average molecular weight is 483 g/mol. The molecule has 4 rings (SSSR count). The fraction of sp³-hybridized carbons (Fsp3) is 0.600. The molecule has 1 aromatic heterocycles. The molecule has 2 saturated heterocycles. The number of aryl methyl sites for hydroxylation is 1. The largest absolute Gasteiger partial charge is 0.351 e. The van der Waals surface area contributed by atoms with Gasteiger partial charge in [0.25, 0.3) is 5.91 Å². The maximum absolute atomic E-state index is 13.1. The molecule has 1 spiro atoms. The Morgan fingerprint density at radius 3 is 2.60 bits per heavy atom. The van der Waals surface area contributed by atoms with E-state index in [1.54, 1.807) is 24.9 Å². The van der Waals surface area contributed by atoms with Crippen molar-refractivity contribution in [2.75, 3.05) is 32.7 Å². The van der Waals surface area contributed by atoms with Gasteiger partial charge in [0.05, 0.1) is 23.2 Å². The molecule has 35 heavy (non-hydrogen) atoms. The summed E-state index contributed by atoms with van der Waals surface area (Å²) < 4.78 is 0. The maximum atomic E-state index is 13.1. The fourth-order valence-corrected chi connectivity index (χ4v) is 5.38. The predicted octanol–water partition coefficient (Wildman–Crippen LogP) is 0.827. The van der Waals surface area contributed by atoms with E-state index in [2.05, 4.69) is 32.8 Å². The van der Waals surface area contributed by atoms with E-state index < -0.39 is 5.41 Å². The van der Waals surface area contributed by atoms with Crippen LogP contribution in [0.1, 0.15) is 55.1 Å². The summed E-state index contributed by atoms with van der Waals surface area (Å²) in [7, 11) is 0. The van der Waals surface area contributed by atoms with Crippen LogP contribution in [0, 0.1) is 18.3 Å². The van der Waals surface area contributed by atoms with E-state index in [1.807, 2.05) is 4.90 Å². The van der Waals surface area contributed by atoms with Gasteiger partial charge in [0.1, 0.15) is 6.33 Å². The standard InChI is InChI=1S/C25H34N6O4/c1-17-20(13-26-16-28-17)23(34)31-10-6-21-19(15-31)5-3-4-7-25(24(35)27-14-22(33)29-21)8-11-30(12-9-25)18(2)32/h3-4,13,16,19,21H,5-12,14-15H2,1-2H3,(H,27,35)(H,29,33)/b4-3+/t19-,21+/m0/s1. The molecule has 10 heteroatoms. The topological polar surface area (TPSA) is 125 Å². The van der Waals surface area contributed by atoms with Gasteiger partial charge in [-0.2, -0.15) is 0 Å². The molecule has 4 heterocycles. The summed E-state index contributed by atoms with van der Waals surface area (Å²) in [6.07, 6.45) is 10.1. The maximum Gasteiger partial charge on any atom is 0.257 e. The number of allylic oxidation sites excluding steroid dienone is 2. The van der Waals surface area contributed by atoms with Gasteiger partial charge in [0, 0.05) is 51.3 Å². The predicted molar refractivity (Wildman–Crippen MR) is 128 cm³/mol. The molecule has 4 amide bonds. The van der Waals surface area contributed by atoms with Crippen LogP contribution in [0.3, 0.4) is 0 Å². The first-order valence-electron chi connectivity index (χ1n) is 12.3. The van der Waals surface area contributed by atoms with Crippen LogP contribution in [0.4, 0.5) is 0 Å². The SMILES string of the molecule is CC(=O)N1CCC2(C/C=C/C[C@H]3CN(C(=O)c4cncnc4C)CC[C@H]3NC(=O)CNC2=O)CC1. The monoisotopic (exact) mass is 482 g/mol. The van der Waals surface area contributed by atoms with Crippen molar-refractivity contribution < 1.29 is 19.2 Å². The van der Waals surface area contributed by atoms with Crippen LogP contribution in [-0.4, -0.2) is 82.2 Å². The van der Waals surface area contributed by atoms with E-state index in [4.69, 9.17) is 0 Å². The molecule has 0 saturated carbocycles. The van der Waals surface area contributed by atoms with Gasteiger partial charge in [-0.1, -0.05) is 12.2 Å². The van der Waals surface area contributed by atoms with Crippen LogP contribution in [0.25, 0.3) is 0 Å². The lowest BCUT2D eigenvalue weighted by Gasteiger charge is -2.41. The minimum atomic E-state index is -0.624. The van der Waals surface area contributed by atoms with Gasteiger partial charge >= 0.3 is 0 Å². The Labute approximate surface area is 205 Å². The van der Waals surface area contributed by atoms with Crippen molar-refractivity contribution in [1.82, 2.24) is 30.4 Å². The number of rotatable bonds is 1. The van der Waals surface area contributed by atoms with E-state index in [0.29, 0.717) is 69.5 Å². The summed E-state index contributed by atoms with van der Waals surface area (Å²) in [6.45, 7) is 5.39. The summed E-state index contributed by atoms with van der Waals surface area (Å²) in [5, 5.41) is 5.92. The van der Waals surface area contributed by atoms with Crippen LogP contribution in [-0.2, 0) is 14.4 Å². The van der Waals surface area contributed by atoms with Crippen molar-refractivity contribution in [3.05, 3.63) is 35.9 Å². The second kappa shape index (κ2) is 10.5. The third kappa shape index (κ3) is 5.52. The van der Waals surface area contributed by atoms with Gasteiger partial charge in [0.15, 0.2) is 0 Å². The van der Waals surface area contributed by atoms with Gasteiger partial charge in [-0.25, -0.2) is 9.97 Å². The lowest BCUT2D eigenvalue weighted by molar-refractivity contribution is -0.140. The quantitative estimate of drug-likeness (QED) is 0.571. The molecule has 2 atom stereocenters. The van der Waals surface area contributed by atoms with E-state index in [1.165, 1.54) is 6.33 Å². The number of hydrogen-bond acceptors (Lipinski definition) is 6. The molecule has 3 aliphatic heterocycles. The highest BCUT2D eigenvalue weighted by atomic mass is 16.2. The van der Waals surface area contributed by atoms with E-state index in [9.17, 15) is 19.2 Å². The zero-order valence-electron chi connectivity index (χ0n) is 20.5. The molecular formula is C25H34N6O4. The average Bonchev–Trinajstić information content (AvgIpc) is 2.85. The second-order valence-corrected chi connectivity index (χ2v) is 9.88. The first-order chi connectivity index (χ1) is 16.8. The number of carbonyl (C=O) groups is 4. The Morgan fingerprint density at radius 2 is 1.89 bits per heavy atom. The third-order valence-corrected chi connectivity index (χ3v) is 7.68. The molecule has 10 nitrogen and oxygen atoms in total. The molecular weight excluding hydrogens is 448 g/mol. The molecule has 0 radical (unpaired) electrons. The Hall–Kier alpha value is -3.30. The van der Waals surface area contributed by atoms with Crippen LogP contribution in [0.15, 0.2) is 24.7 Å². The minimum Gasteiger partial charge on any atom is -0.351 e. The zero-order valence-corrected chi connectivity index (χ0v) is 20.5. The molecule has 0 bridgehead atoms. The number of fused-ring (bicyclic) bond motifs is 1. The molecule has 188 valence electrons. The highest BCUT2D eigenvalue weighted by Gasteiger charge is 2.41. The van der Waals surface area contributed by atoms with Gasteiger partial charge in [-0.3, -0.25) is 19.2 Å². The number of nitrogens with zero attached hydrogens (tertiary/aromatic N) is 4. The van der Waals surface area contributed by atoms with Crippen molar-refractivity contribution in [3.63, 3.8) is 0 Å². The molecule has 1 aromatic rings. The van der Waals surface area contributed by atoms with E-state index in [-0.39, 0.29) is 42.1 Å². The van der Waals surface area contributed by atoms with Crippen molar-refractivity contribution in [2.24, 2.45) is 11.3 Å². The van der Waals surface area contributed by atoms with E-state index >= 15 is 0 Å². The van der Waals surface area contributed by atoms with Gasteiger partial charge in [-0.15, -0.1) is 0 Å². The van der Waals surface area contributed by atoms with Crippen molar-refractivity contribution in [2.45, 2.75) is 52.0 Å². The highest BCUT2D eigenvalue weighted by molar-refractivity contribution is 5.95. The zero-order chi connectivity index (χ0) is 25.0. The number of amides is 4. The second-order valence-electron chi connectivity index (χ2n) is 9.88. The molecule has 2 fully saturated rings. The number of likely N-dealkylation sites (tertiary alicyclic amines) is 2. The number of nitrogens with one attached hydrogen (secondary N) is 2. The Bertz CT molecular complexity index is 1020. The molecule has 0 unspecified atom stereocenters. The summed E-state index contributed by atoms with van der Waals surface area (Å²) in [6, 6.07) is -0.0755. The molecule has 0 aliphatic carbocycles. The summed E-state index contributed by atoms with van der Waals surface area (Å²) in [5.74, 6) is -0.363. The van der Waals surface area contributed by atoms with Crippen LogP contribution in [0.2, 0.25) is 0 Å². The Kier molecular flexibility index (Phi) is 7.47. The smallest absolute Gasteiger partial charge is 0.257 e. The lowest BCUT2D eigenvalue weighted by atomic mass is 9.74. The lowest BCUT2D eigenvalue weighted by Crippen LogP contribution is -2.55. The summed E-state index contributed by atoms with van der Waals surface area (Å²) >= 11 is 0. The Morgan fingerprint density at radius 1 is 1.11 bits per heavy atom. The first kappa shape index (κ1) is 24.8. The van der Waals surface area contributed by atoms with Gasteiger partial charge in [-0.05, 0) is 39.0 Å². The summed E-state index contributed by atoms with van der Waals surface area (Å²) in [4.78, 5) is 62.4. The molecule has 3 aliphatic rings. The first-order valence-corrected chi connectivity index (χ1v) is 12.3. The minimum absolute atomic E-state index is 0.0167. The van der Waals surface area contributed by atoms with Crippen LogP contribution >= 0.6 is 0 Å². The number of aromatic nitrogens is 2. The highest BCUT2D eigenvalue weighted by Crippen LogP contribution is 2.36. The number of piperidine rings is 2. The van der Waals surface area contributed by atoms with Crippen molar-refractivity contribution in [1.29, 1.82) is 0 Å². The third-order valence-electron chi connectivity index (χ3n) is 7.68. The van der Waals surface area contributed by atoms with Gasteiger partial charge < -0.3 is 20.4 Å². The number of carbonyl (C=O) groups excluding carboxylic acids is 4. The van der Waals surface area contributed by atoms with Crippen molar-refractivity contribution >= 4 is 23.6 Å². The molecule has 2 N–H and O–H groups in total. The van der Waals surface area contributed by atoms with Crippen LogP contribution in [0.5, 0.6) is 0 Å². The Balaban J connectivity index is 1.48. The summed E-state index contributed by atoms with van der Waals surface area (Å²) in [5.41, 5.74) is 0.525. The fourth-order valence-electron chi connectivity index (χ4n) is 5.38. The molecule has 0 aromatic carbocycles. The van der Waals surface area contributed by atoms with Gasteiger partial charge in [0.2, 0.25) is 17.7 Å².